The molecule has 4 nitrogen and oxygen atoms in total. The summed E-state index contributed by atoms with van der Waals surface area (Å²) in [6.45, 7) is 1.34. The molecule has 0 amide bonds. The lowest BCUT2D eigenvalue weighted by Crippen LogP contribution is -2.00. The summed E-state index contributed by atoms with van der Waals surface area (Å²) in [7, 11) is 0. The van der Waals surface area contributed by atoms with E-state index in [4.69, 9.17) is 9.15 Å². The summed E-state index contributed by atoms with van der Waals surface area (Å²) in [5.41, 5.74) is 0.747. The Bertz CT molecular complexity index is 554. The molecule has 0 saturated carbocycles. The van der Waals surface area contributed by atoms with Gasteiger partial charge in [-0.3, -0.25) is 9.59 Å². The molecule has 0 aliphatic carbocycles. The smallest absolute Gasteiger partial charge is 0.308 e. The zero-order chi connectivity index (χ0) is 12.3. The highest BCUT2D eigenvalue weighted by atomic mass is 16.5. The third kappa shape index (κ3) is 2.60. The predicted octanol–water partition coefficient (Wildman–Crippen LogP) is 2.68. The highest BCUT2D eigenvalue weighted by Crippen LogP contribution is 2.25. The average Bonchev–Trinajstić information content (AvgIpc) is 2.77. The predicted molar refractivity (Wildman–Crippen MR) is 60.8 cm³/mol. The fourth-order valence-corrected chi connectivity index (χ4v) is 1.45. The summed E-state index contributed by atoms with van der Waals surface area (Å²) in [5, 5.41) is 0. The van der Waals surface area contributed by atoms with Crippen LogP contribution in [0.4, 0.5) is 0 Å². The summed E-state index contributed by atoms with van der Waals surface area (Å²) < 4.78 is 10.2. The average molecular weight is 230 g/mol. The Kier molecular flexibility index (Phi) is 3.05. The first-order chi connectivity index (χ1) is 8.19. The van der Waals surface area contributed by atoms with Crippen LogP contribution < -0.4 is 4.74 Å². The van der Waals surface area contributed by atoms with Crippen LogP contribution in [-0.4, -0.2) is 12.3 Å². The van der Waals surface area contributed by atoms with Gasteiger partial charge in [-0.05, 0) is 24.3 Å². The summed E-state index contributed by atoms with van der Waals surface area (Å²) in [4.78, 5) is 21.3. The van der Waals surface area contributed by atoms with E-state index in [1.54, 1.807) is 36.4 Å². The first-order valence-corrected chi connectivity index (χ1v) is 5.03. The van der Waals surface area contributed by atoms with Crippen LogP contribution in [0.1, 0.15) is 17.5 Å². The molecule has 86 valence electrons. The molecule has 2 aromatic rings. The molecular weight excluding hydrogens is 220 g/mol. The monoisotopic (exact) mass is 230 g/mol. The van der Waals surface area contributed by atoms with Crippen molar-refractivity contribution in [3.05, 3.63) is 42.2 Å². The van der Waals surface area contributed by atoms with Gasteiger partial charge in [0.1, 0.15) is 11.5 Å². The molecule has 0 fully saturated rings. The summed E-state index contributed by atoms with van der Waals surface area (Å²) in [6, 6.07) is 10.2. The minimum absolute atomic E-state index is 0.262. The molecule has 2 rings (SSSR count). The first-order valence-electron chi connectivity index (χ1n) is 5.03. The third-order valence-electron chi connectivity index (χ3n) is 2.12. The standard InChI is InChI=1S/C13H10O4/c1-9(15)16-11-4-2-3-10(7-11)13-6-5-12(8-14)17-13/h2-8H,1H3. The molecule has 1 heterocycles. The lowest BCUT2D eigenvalue weighted by molar-refractivity contribution is -0.131. The van der Waals surface area contributed by atoms with Gasteiger partial charge in [-0.2, -0.15) is 0 Å². The number of aldehydes is 1. The van der Waals surface area contributed by atoms with Crippen molar-refractivity contribution >= 4 is 12.3 Å². The maximum Gasteiger partial charge on any atom is 0.308 e. The second-order valence-electron chi connectivity index (χ2n) is 3.44. The van der Waals surface area contributed by atoms with E-state index in [0.29, 0.717) is 17.8 Å². The number of carbonyl (C=O) groups is 2. The number of furan rings is 1. The van der Waals surface area contributed by atoms with E-state index in [2.05, 4.69) is 0 Å². The quantitative estimate of drug-likeness (QED) is 0.462. The van der Waals surface area contributed by atoms with Crippen molar-refractivity contribution in [1.29, 1.82) is 0 Å². The Hall–Kier alpha value is -2.36. The minimum atomic E-state index is -0.379. The number of rotatable bonds is 3. The van der Waals surface area contributed by atoms with Gasteiger partial charge in [-0.1, -0.05) is 12.1 Å². The van der Waals surface area contributed by atoms with E-state index in [9.17, 15) is 9.59 Å². The molecular formula is C13H10O4. The van der Waals surface area contributed by atoms with Crippen molar-refractivity contribution in [2.75, 3.05) is 0 Å². The number of benzene rings is 1. The molecule has 0 bridgehead atoms. The van der Waals surface area contributed by atoms with Crippen LogP contribution in [0.25, 0.3) is 11.3 Å². The van der Waals surface area contributed by atoms with Crippen molar-refractivity contribution in [3.63, 3.8) is 0 Å². The Morgan fingerprint density at radius 3 is 2.76 bits per heavy atom. The molecule has 0 unspecified atom stereocenters. The van der Waals surface area contributed by atoms with E-state index in [1.165, 1.54) is 6.92 Å². The second kappa shape index (κ2) is 4.65. The number of hydrogen-bond donors (Lipinski definition) is 0. The Balaban J connectivity index is 2.32. The normalized spacial score (nSPS) is 9.94. The summed E-state index contributed by atoms with van der Waals surface area (Å²) in [5.74, 6) is 0.883. The molecule has 0 N–H and O–H groups in total. The zero-order valence-electron chi connectivity index (χ0n) is 9.17. The highest BCUT2D eigenvalue weighted by molar-refractivity contribution is 5.73. The Morgan fingerprint density at radius 1 is 1.29 bits per heavy atom. The van der Waals surface area contributed by atoms with Gasteiger partial charge >= 0.3 is 5.97 Å². The topological polar surface area (TPSA) is 56.5 Å². The first kappa shape index (κ1) is 11.1. The van der Waals surface area contributed by atoms with Crippen LogP contribution in [0, 0.1) is 0 Å². The van der Waals surface area contributed by atoms with Gasteiger partial charge in [0, 0.05) is 12.5 Å². The van der Waals surface area contributed by atoms with Gasteiger partial charge in [0.15, 0.2) is 12.0 Å². The van der Waals surface area contributed by atoms with Crippen molar-refractivity contribution < 1.29 is 18.7 Å². The Morgan fingerprint density at radius 2 is 2.12 bits per heavy atom. The minimum Gasteiger partial charge on any atom is -0.453 e. The molecule has 1 aromatic heterocycles. The number of hydrogen-bond acceptors (Lipinski definition) is 4. The molecule has 0 spiro atoms. The Labute approximate surface area is 97.8 Å². The number of ether oxygens (including phenoxy) is 1. The lowest BCUT2D eigenvalue weighted by Gasteiger charge is -2.02. The van der Waals surface area contributed by atoms with E-state index in [1.807, 2.05) is 0 Å². The lowest BCUT2D eigenvalue weighted by atomic mass is 10.1. The molecule has 0 atom stereocenters. The second-order valence-corrected chi connectivity index (χ2v) is 3.44. The van der Waals surface area contributed by atoms with Crippen molar-refractivity contribution in [2.45, 2.75) is 6.92 Å². The van der Waals surface area contributed by atoms with Gasteiger partial charge in [-0.15, -0.1) is 0 Å². The molecule has 0 aliphatic rings. The summed E-state index contributed by atoms with van der Waals surface area (Å²) >= 11 is 0. The summed E-state index contributed by atoms with van der Waals surface area (Å²) in [6.07, 6.45) is 0.638. The van der Waals surface area contributed by atoms with Crippen molar-refractivity contribution in [3.8, 4) is 17.1 Å². The van der Waals surface area contributed by atoms with Crippen molar-refractivity contribution in [1.82, 2.24) is 0 Å². The maximum atomic E-state index is 10.8. The van der Waals surface area contributed by atoms with Gasteiger partial charge in [-0.25, -0.2) is 0 Å². The number of esters is 1. The fraction of sp³-hybridized carbons (Fsp3) is 0.0769. The van der Waals surface area contributed by atoms with Crippen LogP contribution in [0.2, 0.25) is 0 Å². The number of carbonyl (C=O) groups excluding carboxylic acids is 2. The SMILES string of the molecule is CC(=O)Oc1cccc(-c2ccc(C=O)o2)c1. The van der Waals surface area contributed by atoms with Crippen LogP contribution in [0.15, 0.2) is 40.8 Å². The van der Waals surface area contributed by atoms with E-state index < -0.39 is 0 Å². The van der Waals surface area contributed by atoms with E-state index in [-0.39, 0.29) is 11.7 Å². The fourth-order valence-electron chi connectivity index (χ4n) is 1.45. The molecule has 1 aromatic carbocycles. The van der Waals surface area contributed by atoms with Crippen LogP contribution >= 0.6 is 0 Å². The van der Waals surface area contributed by atoms with Gasteiger partial charge in [0.2, 0.25) is 0 Å². The molecule has 4 heteroatoms. The van der Waals surface area contributed by atoms with E-state index >= 15 is 0 Å². The zero-order valence-corrected chi connectivity index (χ0v) is 9.17. The highest BCUT2D eigenvalue weighted by Gasteiger charge is 2.06. The molecule has 0 radical (unpaired) electrons. The van der Waals surface area contributed by atoms with Gasteiger partial charge in [0.05, 0.1) is 0 Å². The largest absolute Gasteiger partial charge is 0.453 e. The van der Waals surface area contributed by atoms with Crippen LogP contribution in [0.5, 0.6) is 5.75 Å². The third-order valence-corrected chi connectivity index (χ3v) is 2.12. The van der Waals surface area contributed by atoms with Crippen LogP contribution in [0.3, 0.4) is 0 Å². The van der Waals surface area contributed by atoms with Gasteiger partial charge in [0.25, 0.3) is 0 Å². The van der Waals surface area contributed by atoms with Gasteiger partial charge < -0.3 is 9.15 Å². The molecule has 17 heavy (non-hydrogen) atoms. The molecule has 0 saturated heterocycles. The van der Waals surface area contributed by atoms with Crippen molar-refractivity contribution in [2.24, 2.45) is 0 Å². The molecule has 0 aliphatic heterocycles. The van der Waals surface area contributed by atoms with Crippen LogP contribution in [-0.2, 0) is 4.79 Å². The van der Waals surface area contributed by atoms with E-state index in [0.717, 1.165) is 5.56 Å². The maximum absolute atomic E-state index is 10.8.